The molecule has 0 bridgehead atoms. The van der Waals surface area contributed by atoms with Crippen molar-refractivity contribution >= 4 is 10.8 Å². The fraction of sp³-hybridized carbons (Fsp3) is 0.0508. The van der Waals surface area contributed by atoms with Gasteiger partial charge in [-0.3, -0.25) is 0 Å². The van der Waals surface area contributed by atoms with Crippen LogP contribution >= 0.6 is 0 Å². The third kappa shape index (κ3) is 6.45. The fourth-order valence-corrected chi connectivity index (χ4v) is 9.40. The topological polar surface area (TPSA) is 25.8 Å². The van der Waals surface area contributed by atoms with Crippen molar-refractivity contribution in [3.63, 3.8) is 0 Å². The summed E-state index contributed by atoms with van der Waals surface area (Å²) in [4.78, 5) is 10.5. The average molecular weight is 779 g/mol. The molecule has 0 aliphatic heterocycles. The molecule has 2 nitrogen and oxygen atoms in total. The van der Waals surface area contributed by atoms with Crippen molar-refractivity contribution in [3.8, 4) is 89.5 Å². The zero-order chi connectivity index (χ0) is 40.9. The highest BCUT2D eigenvalue weighted by Gasteiger charge is 2.35. The Morgan fingerprint density at radius 1 is 0.279 bits per heavy atom. The molecule has 288 valence electrons. The molecule has 0 N–H and O–H groups in total. The summed E-state index contributed by atoms with van der Waals surface area (Å²) in [7, 11) is 0. The van der Waals surface area contributed by atoms with Crippen LogP contribution in [-0.4, -0.2) is 9.97 Å². The largest absolute Gasteiger partial charge is 0.228 e. The second-order valence-corrected chi connectivity index (χ2v) is 16.5. The molecule has 0 amide bonds. The van der Waals surface area contributed by atoms with E-state index in [4.69, 9.17) is 9.97 Å². The van der Waals surface area contributed by atoms with Crippen LogP contribution in [0.3, 0.4) is 0 Å². The van der Waals surface area contributed by atoms with Crippen LogP contribution in [0.5, 0.6) is 0 Å². The second-order valence-electron chi connectivity index (χ2n) is 16.5. The number of benzene rings is 9. The summed E-state index contributed by atoms with van der Waals surface area (Å²) in [5.41, 5.74) is 19.8. The van der Waals surface area contributed by atoms with Gasteiger partial charge in [-0.1, -0.05) is 214 Å². The second kappa shape index (κ2) is 14.9. The predicted molar refractivity (Wildman–Crippen MR) is 255 cm³/mol. The van der Waals surface area contributed by atoms with Crippen molar-refractivity contribution < 1.29 is 0 Å². The Labute approximate surface area is 357 Å². The van der Waals surface area contributed by atoms with Crippen molar-refractivity contribution in [2.45, 2.75) is 19.3 Å². The molecule has 0 spiro atoms. The summed E-state index contributed by atoms with van der Waals surface area (Å²) in [5.74, 6) is 0.698. The molecule has 1 aliphatic rings. The van der Waals surface area contributed by atoms with E-state index < -0.39 is 0 Å². The van der Waals surface area contributed by atoms with E-state index in [2.05, 4.69) is 214 Å². The standard InChI is InChI=1S/C59H42N2/c1-59(2)54-25-15-14-24-50(54)53-36-44(31-35-55(53)59)39-26-28-42(29-27-39)46-33-34-51(49-23-13-12-22-48(46)49)57-38-56(60-58(61-57)43-20-10-5-11-21-43)45-30-32-47(40-16-6-3-7-17-40)52(37-45)41-18-8-4-9-19-41/h3-38H,1-2H3. The molecule has 11 rings (SSSR count). The molecule has 0 radical (unpaired) electrons. The number of hydrogen-bond donors (Lipinski definition) is 0. The minimum absolute atomic E-state index is 0.00195. The van der Waals surface area contributed by atoms with Gasteiger partial charge in [0, 0.05) is 22.1 Å². The quantitative estimate of drug-likeness (QED) is 0.161. The van der Waals surface area contributed by atoms with Crippen molar-refractivity contribution in [2.24, 2.45) is 0 Å². The van der Waals surface area contributed by atoms with E-state index in [1.54, 1.807) is 0 Å². The number of nitrogens with zero attached hydrogens (tertiary/aromatic N) is 2. The zero-order valence-corrected chi connectivity index (χ0v) is 34.2. The van der Waals surface area contributed by atoms with Crippen LogP contribution in [0.2, 0.25) is 0 Å². The lowest BCUT2D eigenvalue weighted by atomic mass is 9.82. The normalized spacial score (nSPS) is 12.6. The highest BCUT2D eigenvalue weighted by molar-refractivity contribution is 6.05. The van der Waals surface area contributed by atoms with Gasteiger partial charge in [0.2, 0.25) is 0 Å². The molecule has 9 aromatic carbocycles. The van der Waals surface area contributed by atoms with Crippen LogP contribution in [0.4, 0.5) is 0 Å². The summed E-state index contributed by atoms with van der Waals surface area (Å²) in [6, 6.07) is 78.5. The number of rotatable bonds is 7. The maximum absolute atomic E-state index is 5.28. The van der Waals surface area contributed by atoms with Gasteiger partial charge in [0.25, 0.3) is 0 Å². The summed E-state index contributed by atoms with van der Waals surface area (Å²) in [6.07, 6.45) is 0. The molecule has 0 unspecified atom stereocenters. The van der Waals surface area contributed by atoms with E-state index in [1.807, 2.05) is 18.2 Å². The van der Waals surface area contributed by atoms with Gasteiger partial charge in [-0.25, -0.2) is 9.97 Å². The molecule has 1 aromatic heterocycles. The number of aromatic nitrogens is 2. The van der Waals surface area contributed by atoms with E-state index in [-0.39, 0.29) is 5.41 Å². The minimum Gasteiger partial charge on any atom is -0.228 e. The molecule has 1 aliphatic carbocycles. The first-order valence-electron chi connectivity index (χ1n) is 21.1. The molecule has 0 saturated carbocycles. The predicted octanol–water partition coefficient (Wildman–Crippen LogP) is 15.6. The van der Waals surface area contributed by atoms with E-state index in [0.717, 1.165) is 44.6 Å². The Bertz CT molecular complexity index is 3240. The lowest BCUT2D eigenvalue weighted by molar-refractivity contribution is 0.660. The molecule has 0 fully saturated rings. The monoisotopic (exact) mass is 778 g/mol. The first-order chi connectivity index (χ1) is 30.0. The highest BCUT2D eigenvalue weighted by Crippen LogP contribution is 2.49. The van der Waals surface area contributed by atoms with Crippen LogP contribution in [0.15, 0.2) is 218 Å². The summed E-state index contributed by atoms with van der Waals surface area (Å²) < 4.78 is 0. The number of fused-ring (bicyclic) bond motifs is 4. The van der Waals surface area contributed by atoms with Gasteiger partial charge in [-0.2, -0.15) is 0 Å². The Morgan fingerprint density at radius 2 is 0.754 bits per heavy atom. The third-order valence-corrected chi connectivity index (χ3v) is 12.6. The van der Waals surface area contributed by atoms with Crippen LogP contribution < -0.4 is 0 Å². The fourth-order valence-electron chi connectivity index (χ4n) is 9.40. The smallest absolute Gasteiger partial charge is 0.160 e. The molecule has 0 atom stereocenters. The van der Waals surface area contributed by atoms with Crippen molar-refractivity contribution in [2.75, 3.05) is 0 Å². The SMILES string of the molecule is CC1(C)c2ccccc2-c2cc(-c3ccc(-c4ccc(-c5cc(-c6ccc(-c7ccccc7)c(-c7ccccc7)c6)nc(-c6ccccc6)n5)c5ccccc45)cc3)ccc21. The maximum Gasteiger partial charge on any atom is 0.160 e. The first-order valence-corrected chi connectivity index (χ1v) is 21.1. The van der Waals surface area contributed by atoms with E-state index in [9.17, 15) is 0 Å². The lowest BCUT2D eigenvalue weighted by Crippen LogP contribution is -2.14. The highest BCUT2D eigenvalue weighted by atomic mass is 14.9. The Morgan fingerprint density at radius 3 is 1.48 bits per heavy atom. The lowest BCUT2D eigenvalue weighted by Gasteiger charge is -2.21. The van der Waals surface area contributed by atoms with Crippen LogP contribution in [0.1, 0.15) is 25.0 Å². The molecule has 1 heterocycles. The van der Waals surface area contributed by atoms with Gasteiger partial charge in [-0.05, 0) is 95.7 Å². The molecular weight excluding hydrogens is 737 g/mol. The molecule has 61 heavy (non-hydrogen) atoms. The third-order valence-electron chi connectivity index (χ3n) is 12.6. The Hall–Kier alpha value is -7.68. The van der Waals surface area contributed by atoms with Gasteiger partial charge < -0.3 is 0 Å². The van der Waals surface area contributed by atoms with Crippen molar-refractivity contribution in [3.05, 3.63) is 230 Å². The average Bonchev–Trinajstić information content (AvgIpc) is 3.56. The van der Waals surface area contributed by atoms with Gasteiger partial charge >= 0.3 is 0 Å². The van der Waals surface area contributed by atoms with Crippen molar-refractivity contribution in [1.29, 1.82) is 0 Å². The summed E-state index contributed by atoms with van der Waals surface area (Å²) in [6.45, 7) is 4.67. The number of hydrogen-bond acceptors (Lipinski definition) is 2. The molecular formula is C59H42N2. The van der Waals surface area contributed by atoms with Crippen LogP contribution in [0, 0.1) is 0 Å². The van der Waals surface area contributed by atoms with Crippen LogP contribution in [0.25, 0.3) is 100 Å². The van der Waals surface area contributed by atoms with Gasteiger partial charge in [0.1, 0.15) is 0 Å². The molecule has 2 heteroatoms. The molecule has 0 saturated heterocycles. The summed E-state index contributed by atoms with van der Waals surface area (Å²) in [5, 5.41) is 2.33. The van der Waals surface area contributed by atoms with Crippen molar-refractivity contribution in [1.82, 2.24) is 9.97 Å². The zero-order valence-electron chi connectivity index (χ0n) is 34.2. The van der Waals surface area contributed by atoms with E-state index in [0.29, 0.717) is 5.82 Å². The van der Waals surface area contributed by atoms with Gasteiger partial charge in [0.15, 0.2) is 5.82 Å². The minimum atomic E-state index is -0.00195. The van der Waals surface area contributed by atoms with Crippen LogP contribution in [-0.2, 0) is 5.41 Å². The molecule has 10 aromatic rings. The Balaban J connectivity index is 1.00. The van der Waals surface area contributed by atoms with E-state index in [1.165, 1.54) is 61.0 Å². The van der Waals surface area contributed by atoms with Gasteiger partial charge in [-0.15, -0.1) is 0 Å². The first kappa shape index (κ1) is 36.4. The van der Waals surface area contributed by atoms with E-state index >= 15 is 0 Å². The van der Waals surface area contributed by atoms with Gasteiger partial charge in [0.05, 0.1) is 11.4 Å². The Kier molecular flexibility index (Phi) is 8.86. The summed E-state index contributed by atoms with van der Waals surface area (Å²) >= 11 is 0. The maximum atomic E-state index is 5.28.